The second kappa shape index (κ2) is 6.95. The smallest absolute Gasteiger partial charge is 0.226 e. The van der Waals surface area contributed by atoms with E-state index < -0.39 is 17.6 Å². The molecule has 0 saturated carbocycles. The summed E-state index contributed by atoms with van der Waals surface area (Å²) in [6.45, 7) is 0. The lowest BCUT2D eigenvalue weighted by Crippen LogP contribution is -2.26. The molecule has 6 nitrogen and oxygen atoms in total. The van der Waals surface area contributed by atoms with Gasteiger partial charge in [0.2, 0.25) is 5.91 Å². The predicted octanol–water partition coefficient (Wildman–Crippen LogP) is 3.64. The summed E-state index contributed by atoms with van der Waals surface area (Å²) >= 11 is 0. The average molecular weight is 385 g/mol. The van der Waals surface area contributed by atoms with Gasteiger partial charge in [-0.1, -0.05) is 6.07 Å². The number of fused-ring (bicyclic) bond motifs is 1. The van der Waals surface area contributed by atoms with Crippen LogP contribution in [-0.4, -0.2) is 29.7 Å². The summed E-state index contributed by atoms with van der Waals surface area (Å²) in [4.78, 5) is 16.7. The van der Waals surface area contributed by atoms with Gasteiger partial charge >= 0.3 is 0 Å². The summed E-state index contributed by atoms with van der Waals surface area (Å²) in [5.74, 6) is -1.14. The van der Waals surface area contributed by atoms with Gasteiger partial charge in [-0.25, -0.2) is 13.8 Å². The topological polar surface area (TPSA) is 65.4 Å². The van der Waals surface area contributed by atoms with E-state index in [0.29, 0.717) is 28.7 Å². The molecule has 2 heterocycles. The number of imidazole rings is 1. The Kier molecular flexibility index (Phi) is 4.46. The van der Waals surface area contributed by atoms with E-state index in [-0.39, 0.29) is 17.9 Å². The third kappa shape index (κ3) is 2.87. The Bertz CT molecular complexity index is 1040. The highest BCUT2D eigenvalue weighted by atomic mass is 19.1. The standard InChI is InChI=1S/C20H17F2N3O3/c1-27-11-6-7-15(16(8-11)28-2)25-10-23-19-12(9-17(26)24-20(19)25)18-13(21)4-3-5-14(18)22/h3-8,10,12H,9H2,1-2H3,(H,24,26)/t12-/m0/s1. The zero-order valence-electron chi connectivity index (χ0n) is 15.2. The highest BCUT2D eigenvalue weighted by Gasteiger charge is 2.34. The molecule has 0 saturated heterocycles. The molecule has 0 fully saturated rings. The van der Waals surface area contributed by atoms with Crippen molar-refractivity contribution in [2.45, 2.75) is 12.3 Å². The van der Waals surface area contributed by atoms with E-state index in [1.54, 1.807) is 29.9 Å². The molecule has 3 aromatic rings. The fraction of sp³-hybridized carbons (Fsp3) is 0.200. The maximum absolute atomic E-state index is 14.3. The largest absolute Gasteiger partial charge is 0.497 e. The van der Waals surface area contributed by atoms with Crippen LogP contribution in [0.5, 0.6) is 11.5 Å². The molecule has 0 radical (unpaired) electrons. The van der Waals surface area contributed by atoms with Crippen LogP contribution in [0, 0.1) is 11.6 Å². The first kappa shape index (κ1) is 18.0. The van der Waals surface area contributed by atoms with Crippen LogP contribution in [0.1, 0.15) is 23.6 Å². The molecule has 28 heavy (non-hydrogen) atoms. The molecule has 1 aromatic heterocycles. The third-order valence-corrected chi connectivity index (χ3v) is 4.77. The second-order valence-electron chi connectivity index (χ2n) is 6.33. The van der Waals surface area contributed by atoms with Crippen molar-refractivity contribution >= 4 is 11.7 Å². The Balaban J connectivity index is 1.86. The van der Waals surface area contributed by atoms with Gasteiger partial charge in [0, 0.05) is 24.0 Å². The van der Waals surface area contributed by atoms with Crippen molar-refractivity contribution in [1.82, 2.24) is 9.55 Å². The molecular weight excluding hydrogens is 368 g/mol. The minimum atomic E-state index is -0.824. The molecule has 1 amide bonds. The molecule has 8 heteroatoms. The molecule has 1 atom stereocenters. The number of halogens is 2. The Morgan fingerprint density at radius 2 is 1.89 bits per heavy atom. The molecule has 0 spiro atoms. The lowest BCUT2D eigenvalue weighted by molar-refractivity contribution is -0.116. The Hall–Kier alpha value is -3.42. The number of rotatable bonds is 4. The number of amides is 1. The minimum Gasteiger partial charge on any atom is -0.497 e. The number of hydrogen-bond acceptors (Lipinski definition) is 4. The number of aromatic nitrogens is 2. The molecule has 2 aromatic carbocycles. The van der Waals surface area contributed by atoms with Crippen molar-refractivity contribution in [2.75, 3.05) is 19.5 Å². The van der Waals surface area contributed by atoms with Crippen LogP contribution < -0.4 is 14.8 Å². The maximum Gasteiger partial charge on any atom is 0.226 e. The number of carbonyl (C=O) groups is 1. The molecule has 0 bridgehead atoms. The molecule has 0 unspecified atom stereocenters. The summed E-state index contributed by atoms with van der Waals surface area (Å²) in [6.07, 6.45) is 1.40. The van der Waals surface area contributed by atoms with Gasteiger partial charge in [-0.3, -0.25) is 9.36 Å². The first-order chi connectivity index (χ1) is 13.5. The monoisotopic (exact) mass is 385 g/mol. The fourth-order valence-electron chi connectivity index (χ4n) is 3.46. The van der Waals surface area contributed by atoms with Crippen molar-refractivity contribution in [1.29, 1.82) is 0 Å². The number of benzene rings is 2. The van der Waals surface area contributed by atoms with Gasteiger partial charge in [-0.05, 0) is 24.3 Å². The van der Waals surface area contributed by atoms with Crippen molar-refractivity contribution < 1.29 is 23.0 Å². The predicted molar refractivity (Wildman–Crippen MR) is 98.1 cm³/mol. The van der Waals surface area contributed by atoms with Crippen molar-refractivity contribution in [3.05, 3.63) is 65.6 Å². The summed E-state index contributed by atoms with van der Waals surface area (Å²) in [5, 5.41) is 2.76. The van der Waals surface area contributed by atoms with Gasteiger partial charge in [0.15, 0.2) is 0 Å². The van der Waals surface area contributed by atoms with E-state index in [9.17, 15) is 13.6 Å². The average Bonchev–Trinajstić information content (AvgIpc) is 3.10. The lowest BCUT2D eigenvalue weighted by Gasteiger charge is -2.24. The number of hydrogen-bond donors (Lipinski definition) is 1. The number of nitrogens with zero attached hydrogens (tertiary/aromatic N) is 2. The summed E-state index contributed by atoms with van der Waals surface area (Å²) in [7, 11) is 3.05. The SMILES string of the molecule is COc1ccc(-n2cnc3c2NC(=O)C[C@H]3c2c(F)cccc2F)c(OC)c1. The van der Waals surface area contributed by atoms with Crippen LogP contribution in [0.2, 0.25) is 0 Å². The van der Waals surface area contributed by atoms with E-state index in [1.807, 2.05) is 0 Å². The zero-order valence-corrected chi connectivity index (χ0v) is 15.2. The van der Waals surface area contributed by atoms with Crippen LogP contribution in [0.4, 0.5) is 14.6 Å². The summed E-state index contributed by atoms with van der Waals surface area (Å²) in [5.41, 5.74) is 0.832. The van der Waals surface area contributed by atoms with Crippen LogP contribution in [0.3, 0.4) is 0 Å². The number of methoxy groups -OCH3 is 2. The number of nitrogens with one attached hydrogen (secondary N) is 1. The fourth-order valence-corrected chi connectivity index (χ4v) is 3.46. The van der Waals surface area contributed by atoms with E-state index >= 15 is 0 Å². The van der Waals surface area contributed by atoms with Gasteiger partial charge in [0.05, 0.1) is 25.6 Å². The molecule has 1 aliphatic rings. The normalized spacial score (nSPS) is 15.7. The lowest BCUT2D eigenvalue weighted by atomic mass is 9.89. The Labute approximate surface area is 159 Å². The van der Waals surface area contributed by atoms with E-state index in [0.717, 1.165) is 0 Å². The van der Waals surface area contributed by atoms with Gasteiger partial charge in [-0.2, -0.15) is 0 Å². The van der Waals surface area contributed by atoms with Crippen LogP contribution in [-0.2, 0) is 4.79 Å². The highest BCUT2D eigenvalue weighted by Crippen LogP contribution is 2.40. The first-order valence-electron chi connectivity index (χ1n) is 8.57. The number of carbonyl (C=O) groups excluding carboxylic acids is 1. The Morgan fingerprint density at radius 1 is 1.14 bits per heavy atom. The van der Waals surface area contributed by atoms with Gasteiger partial charge in [0.25, 0.3) is 0 Å². The number of anilines is 1. The van der Waals surface area contributed by atoms with E-state index in [2.05, 4.69) is 10.3 Å². The van der Waals surface area contributed by atoms with Crippen molar-refractivity contribution in [2.24, 2.45) is 0 Å². The quantitative estimate of drug-likeness (QED) is 0.745. The highest BCUT2D eigenvalue weighted by molar-refractivity contribution is 5.94. The minimum absolute atomic E-state index is 0.0956. The van der Waals surface area contributed by atoms with E-state index in [4.69, 9.17) is 9.47 Å². The molecule has 144 valence electrons. The van der Waals surface area contributed by atoms with Crippen LogP contribution in [0.25, 0.3) is 5.69 Å². The first-order valence-corrected chi connectivity index (χ1v) is 8.57. The van der Waals surface area contributed by atoms with Gasteiger partial charge in [-0.15, -0.1) is 0 Å². The molecule has 4 rings (SSSR count). The number of ether oxygens (including phenoxy) is 2. The maximum atomic E-state index is 14.3. The van der Waals surface area contributed by atoms with Crippen LogP contribution >= 0.6 is 0 Å². The molecular formula is C20H17F2N3O3. The van der Waals surface area contributed by atoms with Crippen LogP contribution in [0.15, 0.2) is 42.7 Å². The Morgan fingerprint density at radius 3 is 2.57 bits per heavy atom. The summed E-state index contributed by atoms with van der Waals surface area (Å²) < 4.78 is 40.9. The molecule has 1 aliphatic heterocycles. The van der Waals surface area contributed by atoms with Crippen molar-refractivity contribution in [3.8, 4) is 17.2 Å². The van der Waals surface area contributed by atoms with Gasteiger partial charge < -0.3 is 14.8 Å². The third-order valence-electron chi connectivity index (χ3n) is 4.77. The zero-order chi connectivity index (χ0) is 19.8. The molecule has 1 N–H and O–H groups in total. The van der Waals surface area contributed by atoms with Gasteiger partial charge in [0.1, 0.15) is 35.3 Å². The summed E-state index contributed by atoms with van der Waals surface area (Å²) in [6, 6.07) is 8.82. The second-order valence-corrected chi connectivity index (χ2v) is 6.33. The van der Waals surface area contributed by atoms with Crippen molar-refractivity contribution in [3.63, 3.8) is 0 Å². The molecule has 0 aliphatic carbocycles. The van der Waals surface area contributed by atoms with E-state index in [1.165, 1.54) is 31.6 Å².